The molecule has 87 heavy (non-hydrogen) atoms. The minimum absolute atomic E-state index is 0.123. The highest BCUT2D eigenvalue weighted by molar-refractivity contribution is 5.88. The minimum atomic E-state index is -0.987. The number of ether oxygens (including phenoxy) is 5. The van der Waals surface area contributed by atoms with Crippen LogP contribution < -0.4 is 10.6 Å². The van der Waals surface area contributed by atoms with E-state index < -0.39 is 77.2 Å². The second kappa shape index (κ2) is 30.5. The number of piperazine rings is 2. The second-order valence-electron chi connectivity index (χ2n) is 24.0. The smallest absolute Gasteiger partial charge is 0.408 e. The normalized spacial score (nSPS) is 17.2. The van der Waals surface area contributed by atoms with Crippen LogP contribution in [0.4, 0.5) is 18.4 Å². The van der Waals surface area contributed by atoms with Crippen molar-refractivity contribution in [3.63, 3.8) is 0 Å². The number of hydrogen-bond donors (Lipinski definition) is 3. The van der Waals surface area contributed by atoms with Crippen molar-refractivity contribution in [2.24, 2.45) is 0 Å². The molecule has 0 unspecified atom stereocenters. The molecular weight excluding hydrogens is 1120 g/mol. The average molecular weight is 1200 g/mol. The number of hydrogen-bond acceptors (Lipinski definition) is 13. The van der Waals surface area contributed by atoms with E-state index in [-0.39, 0.29) is 56.9 Å². The first-order chi connectivity index (χ1) is 41.4. The van der Waals surface area contributed by atoms with Gasteiger partial charge in [0, 0.05) is 66.3 Å². The van der Waals surface area contributed by atoms with Gasteiger partial charge in [0.25, 0.3) is 0 Å². The highest BCUT2D eigenvalue weighted by Crippen LogP contribution is 2.25. The first kappa shape index (κ1) is 66.5. The fourth-order valence-corrected chi connectivity index (χ4v) is 11.0. The van der Waals surface area contributed by atoms with Crippen LogP contribution in [0.2, 0.25) is 0 Å². The summed E-state index contributed by atoms with van der Waals surface area (Å²) >= 11 is 0. The molecule has 6 aromatic carbocycles. The van der Waals surface area contributed by atoms with Gasteiger partial charge in [0.1, 0.15) is 47.0 Å². The summed E-state index contributed by atoms with van der Waals surface area (Å²) in [5.41, 5.74) is 1.74. The Hall–Kier alpha value is -8.04. The number of methoxy groups -OCH3 is 3. The number of carboxylic acid groups (broad SMARTS) is 1. The molecule has 0 aromatic heterocycles. The largest absolute Gasteiger partial charge is 0.480 e. The number of benzene rings is 6. The molecule has 0 bridgehead atoms. The van der Waals surface area contributed by atoms with Gasteiger partial charge in [0.05, 0.1) is 32.4 Å². The molecule has 6 aromatic rings. The van der Waals surface area contributed by atoms with Gasteiger partial charge in [-0.25, -0.2) is 18.4 Å². The van der Waals surface area contributed by atoms with Crippen molar-refractivity contribution in [3.05, 3.63) is 167 Å². The number of amides is 4. The lowest BCUT2D eigenvalue weighted by Gasteiger charge is -2.44. The molecular formula is C67H82F2N6O12. The van der Waals surface area contributed by atoms with Crippen molar-refractivity contribution in [2.45, 2.75) is 115 Å². The van der Waals surface area contributed by atoms with Crippen molar-refractivity contribution in [1.82, 2.24) is 30.2 Å². The molecule has 0 spiro atoms. The van der Waals surface area contributed by atoms with Crippen LogP contribution >= 0.6 is 0 Å². The maximum absolute atomic E-state index is 14.1. The molecule has 20 heteroatoms. The van der Waals surface area contributed by atoms with Gasteiger partial charge in [-0.3, -0.25) is 29.0 Å². The van der Waals surface area contributed by atoms with Crippen LogP contribution in [0.5, 0.6) is 0 Å². The molecule has 0 saturated carbocycles. The highest BCUT2D eigenvalue weighted by Gasteiger charge is 2.41. The predicted octanol–water partition coefficient (Wildman–Crippen LogP) is 8.63. The molecule has 6 atom stereocenters. The number of carbonyl (C=O) groups is 6. The van der Waals surface area contributed by atoms with Crippen molar-refractivity contribution in [1.29, 1.82) is 0 Å². The first-order valence-electron chi connectivity index (χ1n) is 29.2. The Morgan fingerprint density at radius 1 is 0.506 bits per heavy atom. The molecule has 2 heterocycles. The standard InChI is InChI=1S/C34H42FN3O6.C33H40FN3O6/c1-34(2,3)44-33(41)36-29(19-23-11-14-27(35)15-12-23)31(39)38-17-16-37(21-28(38)22-42-4)30(32(40)43-5)20-24-10-13-25-8-6-7-9-26(25)18-24;1-33(2,3)43-32(41)35-28(18-22-10-13-26(34)14-11-22)30(38)37-16-15-36(20-27(37)21-42-4)29(31(39)40)19-23-9-12-24-7-5-6-8-25(24)17-23/h6-15,18,28-30H,16-17,19-22H2,1-5H3,(H,36,41);5-14,17,27-29H,15-16,18-21H2,1-4H3,(H,35,41)(H,39,40)/t28-,29-,30+;27-,28-,29+/m11/s1. The van der Waals surface area contributed by atoms with Crippen LogP contribution in [-0.2, 0) is 68.5 Å². The van der Waals surface area contributed by atoms with Crippen LogP contribution in [-0.4, -0.2) is 182 Å². The number of nitrogens with zero attached hydrogens (tertiary/aromatic N) is 4. The summed E-state index contributed by atoms with van der Waals surface area (Å²) in [6, 6.07) is 35.5. The maximum atomic E-state index is 14.1. The van der Waals surface area contributed by atoms with Gasteiger partial charge >= 0.3 is 24.1 Å². The number of carboxylic acids is 1. The van der Waals surface area contributed by atoms with E-state index in [1.54, 1.807) is 82.7 Å². The lowest BCUT2D eigenvalue weighted by molar-refractivity contribution is -0.151. The number of rotatable bonds is 20. The summed E-state index contributed by atoms with van der Waals surface area (Å²) in [4.78, 5) is 86.3. The topological polar surface area (TPSA) is 206 Å². The summed E-state index contributed by atoms with van der Waals surface area (Å²) in [5, 5.41) is 20.0. The van der Waals surface area contributed by atoms with Crippen molar-refractivity contribution < 1.29 is 66.3 Å². The van der Waals surface area contributed by atoms with E-state index in [4.69, 9.17) is 23.7 Å². The number of halogens is 2. The first-order valence-corrected chi connectivity index (χ1v) is 29.2. The Balaban J connectivity index is 0.000000249. The molecule has 466 valence electrons. The van der Waals surface area contributed by atoms with Gasteiger partial charge in [-0.1, -0.05) is 109 Å². The summed E-state index contributed by atoms with van der Waals surface area (Å²) in [6.45, 7) is 12.7. The van der Waals surface area contributed by atoms with E-state index in [1.165, 1.54) is 38.5 Å². The Morgan fingerprint density at radius 2 is 0.874 bits per heavy atom. The lowest BCUT2D eigenvalue weighted by atomic mass is 9.98. The fraction of sp³-hybridized carbons (Fsp3) is 0.433. The second-order valence-corrected chi connectivity index (χ2v) is 24.0. The average Bonchev–Trinajstić information content (AvgIpc) is 1.47. The molecule has 0 radical (unpaired) electrons. The van der Waals surface area contributed by atoms with Crippen LogP contribution in [0.3, 0.4) is 0 Å². The summed E-state index contributed by atoms with van der Waals surface area (Å²) < 4.78 is 54.2. The Morgan fingerprint density at radius 3 is 1.24 bits per heavy atom. The van der Waals surface area contributed by atoms with Gasteiger partial charge in [0.2, 0.25) is 11.8 Å². The fourth-order valence-electron chi connectivity index (χ4n) is 11.0. The van der Waals surface area contributed by atoms with Crippen molar-refractivity contribution in [3.8, 4) is 0 Å². The third kappa shape index (κ3) is 19.5. The molecule has 3 N–H and O–H groups in total. The third-order valence-corrected chi connectivity index (χ3v) is 15.1. The zero-order valence-electron chi connectivity index (χ0n) is 51.1. The van der Waals surface area contributed by atoms with Crippen LogP contribution in [0.15, 0.2) is 133 Å². The Kier molecular flexibility index (Phi) is 23.3. The van der Waals surface area contributed by atoms with Crippen molar-refractivity contribution >= 4 is 57.5 Å². The number of esters is 1. The van der Waals surface area contributed by atoms with Crippen LogP contribution in [0.25, 0.3) is 21.5 Å². The molecule has 18 nitrogen and oxygen atoms in total. The summed E-state index contributed by atoms with van der Waals surface area (Å²) in [6.07, 6.45) is -0.444. The predicted molar refractivity (Wildman–Crippen MR) is 327 cm³/mol. The number of nitrogens with one attached hydrogen (secondary N) is 2. The SMILES string of the molecule is COC[C@H]1CN([C@@H](Cc2ccc3ccccc3c2)C(=O)O)CCN1C(=O)[C@@H](Cc1ccc(F)cc1)NC(=O)OC(C)(C)C.COC[C@H]1CN([C@@H](Cc2ccc3ccccc3c2)C(=O)OC)CCN1C(=O)[C@@H](Cc1ccc(F)cc1)NC(=O)OC(C)(C)C. The van der Waals surface area contributed by atoms with E-state index >= 15 is 0 Å². The number of fused-ring (bicyclic) bond motifs is 2. The zero-order chi connectivity index (χ0) is 63.0. The Bertz CT molecular complexity index is 3300. The molecule has 0 aliphatic carbocycles. The molecule has 2 saturated heterocycles. The van der Waals surface area contributed by atoms with E-state index in [0.717, 1.165) is 32.7 Å². The number of carbonyl (C=O) groups excluding carboxylic acids is 5. The van der Waals surface area contributed by atoms with E-state index in [1.807, 2.05) is 88.7 Å². The summed E-state index contributed by atoms with van der Waals surface area (Å²) in [5.74, 6) is -2.75. The number of aliphatic carboxylic acids is 1. The third-order valence-electron chi connectivity index (χ3n) is 15.1. The van der Waals surface area contributed by atoms with Gasteiger partial charge < -0.3 is 49.2 Å². The number of alkyl carbamates (subject to hydrolysis) is 2. The molecule has 2 aliphatic heterocycles. The molecule has 2 aliphatic rings. The van der Waals surface area contributed by atoms with Gasteiger partial charge in [-0.05, 0) is 122 Å². The van der Waals surface area contributed by atoms with Gasteiger partial charge in [-0.2, -0.15) is 0 Å². The van der Waals surface area contributed by atoms with E-state index in [9.17, 15) is 42.7 Å². The quantitative estimate of drug-likeness (QED) is 0.0484. The minimum Gasteiger partial charge on any atom is -0.480 e. The molecule has 8 rings (SSSR count). The van der Waals surface area contributed by atoms with Crippen LogP contribution in [0.1, 0.15) is 63.8 Å². The molecule has 4 amide bonds. The van der Waals surface area contributed by atoms with Gasteiger partial charge in [-0.15, -0.1) is 0 Å². The van der Waals surface area contributed by atoms with Crippen LogP contribution in [0, 0.1) is 11.6 Å². The summed E-state index contributed by atoms with van der Waals surface area (Å²) in [7, 11) is 4.47. The van der Waals surface area contributed by atoms with Gasteiger partial charge in [0.15, 0.2) is 0 Å². The highest BCUT2D eigenvalue weighted by atomic mass is 19.1. The zero-order valence-corrected chi connectivity index (χ0v) is 51.1. The monoisotopic (exact) mass is 1200 g/mol. The maximum Gasteiger partial charge on any atom is 0.408 e. The van der Waals surface area contributed by atoms with Crippen molar-refractivity contribution in [2.75, 3.05) is 73.8 Å². The Labute approximate surface area is 508 Å². The lowest BCUT2D eigenvalue weighted by Crippen LogP contribution is -2.63. The van der Waals surface area contributed by atoms with E-state index in [0.29, 0.717) is 50.1 Å². The van der Waals surface area contributed by atoms with E-state index in [2.05, 4.69) is 16.7 Å². The molecule has 2 fully saturated rings.